The number of nitrogens with two attached hydrogens (primary N) is 1. The molecule has 0 amide bonds. The molecule has 2 unspecified atom stereocenters. The molecule has 0 aromatic carbocycles. The van der Waals surface area contributed by atoms with Crippen molar-refractivity contribution in [3.05, 3.63) is 11.9 Å². The lowest BCUT2D eigenvalue weighted by atomic mass is 10.0. The van der Waals surface area contributed by atoms with E-state index in [4.69, 9.17) is 5.73 Å². The van der Waals surface area contributed by atoms with Crippen LogP contribution in [0.15, 0.2) is 6.33 Å². The average molecular weight is 222 g/mol. The summed E-state index contributed by atoms with van der Waals surface area (Å²) in [7, 11) is 0. The Morgan fingerprint density at radius 1 is 1.38 bits per heavy atom. The van der Waals surface area contributed by atoms with Crippen LogP contribution in [0.3, 0.4) is 0 Å². The topological polar surface area (TPSA) is 63.8 Å². The van der Waals surface area contributed by atoms with Crippen LogP contribution < -0.4 is 11.1 Å². The standard InChI is InChI=1S/C12H22N4/c1-5-8(2)6-9(3)16-12-10(4)11(13)14-7-15-12/h7-9H,5-6H2,1-4H3,(H3,13,14,15,16). The Labute approximate surface area is 97.7 Å². The molecule has 0 aliphatic heterocycles. The quantitative estimate of drug-likeness (QED) is 0.803. The van der Waals surface area contributed by atoms with Crippen molar-refractivity contribution in [3.8, 4) is 0 Å². The highest BCUT2D eigenvalue weighted by atomic mass is 15.0. The number of hydrogen-bond donors (Lipinski definition) is 2. The number of nitrogens with one attached hydrogen (secondary N) is 1. The number of nitrogens with zero attached hydrogens (tertiary/aromatic N) is 2. The molecule has 90 valence electrons. The SMILES string of the molecule is CCC(C)CC(C)Nc1ncnc(N)c1C. The van der Waals surface area contributed by atoms with Gasteiger partial charge in [0.05, 0.1) is 0 Å². The van der Waals surface area contributed by atoms with Crippen molar-refractivity contribution in [1.29, 1.82) is 0 Å². The first-order valence-electron chi connectivity index (χ1n) is 5.88. The number of rotatable bonds is 5. The molecule has 0 aliphatic rings. The fourth-order valence-corrected chi connectivity index (χ4v) is 1.67. The molecule has 0 radical (unpaired) electrons. The molecular formula is C12H22N4. The predicted octanol–water partition coefficient (Wildman–Crippen LogP) is 2.60. The van der Waals surface area contributed by atoms with Gasteiger partial charge in [0, 0.05) is 11.6 Å². The Morgan fingerprint density at radius 2 is 2.06 bits per heavy atom. The van der Waals surface area contributed by atoms with Gasteiger partial charge in [-0.1, -0.05) is 20.3 Å². The Bertz CT molecular complexity index is 338. The predicted molar refractivity (Wildman–Crippen MR) is 68.3 cm³/mol. The van der Waals surface area contributed by atoms with E-state index in [2.05, 4.69) is 36.1 Å². The molecule has 2 atom stereocenters. The second-order valence-electron chi connectivity index (χ2n) is 4.53. The van der Waals surface area contributed by atoms with Crippen LogP contribution in [0, 0.1) is 12.8 Å². The molecule has 1 aromatic heterocycles. The summed E-state index contributed by atoms with van der Waals surface area (Å²) in [6.07, 6.45) is 3.84. The molecule has 1 rings (SSSR count). The van der Waals surface area contributed by atoms with E-state index in [0.29, 0.717) is 11.9 Å². The monoisotopic (exact) mass is 222 g/mol. The normalized spacial score (nSPS) is 14.5. The lowest BCUT2D eigenvalue weighted by molar-refractivity contribution is 0.483. The highest BCUT2D eigenvalue weighted by Crippen LogP contribution is 2.18. The molecule has 0 bridgehead atoms. The van der Waals surface area contributed by atoms with Crippen molar-refractivity contribution in [3.63, 3.8) is 0 Å². The molecule has 0 fully saturated rings. The smallest absolute Gasteiger partial charge is 0.134 e. The van der Waals surface area contributed by atoms with Crippen molar-refractivity contribution < 1.29 is 0 Å². The first-order valence-corrected chi connectivity index (χ1v) is 5.88. The maximum Gasteiger partial charge on any atom is 0.134 e. The van der Waals surface area contributed by atoms with Crippen molar-refractivity contribution in [1.82, 2.24) is 9.97 Å². The Morgan fingerprint density at radius 3 is 2.69 bits per heavy atom. The first kappa shape index (κ1) is 12.7. The first-order chi connectivity index (χ1) is 7.54. The van der Waals surface area contributed by atoms with E-state index in [9.17, 15) is 0 Å². The van der Waals surface area contributed by atoms with Crippen LogP contribution in [0.1, 0.15) is 39.2 Å². The Kier molecular flexibility index (Phi) is 4.52. The number of hydrogen-bond acceptors (Lipinski definition) is 4. The van der Waals surface area contributed by atoms with Crippen molar-refractivity contribution in [2.75, 3.05) is 11.1 Å². The van der Waals surface area contributed by atoms with E-state index in [1.807, 2.05) is 6.92 Å². The second-order valence-corrected chi connectivity index (χ2v) is 4.53. The van der Waals surface area contributed by atoms with Crippen molar-refractivity contribution in [2.45, 2.75) is 46.6 Å². The van der Waals surface area contributed by atoms with E-state index in [0.717, 1.165) is 23.7 Å². The van der Waals surface area contributed by atoms with Gasteiger partial charge in [-0.15, -0.1) is 0 Å². The molecule has 0 saturated heterocycles. The van der Waals surface area contributed by atoms with Gasteiger partial charge >= 0.3 is 0 Å². The summed E-state index contributed by atoms with van der Waals surface area (Å²) in [6, 6.07) is 0.406. The summed E-state index contributed by atoms with van der Waals surface area (Å²) in [5.41, 5.74) is 6.66. The molecule has 4 heteroatoms. The van der Waals surface area contributed by atoms with Crippen LogP contribution in [-0.4, -0.2) is 16.0 Å². The maximum atomic E-state index is 5.73. The van der Waals surface area contributed by atoms with Crippen LogP contribution in [-0.2, 0) is 0 Å². The molecule has 1 heterocycles. The lowest BCUT2D eigenvalue weighted by Gasteiger charge is -2.19. The van der Waals surface area contributed by atoms with Gasteiger partial charge in [-0.05, 0) is 26.2 Å². The lowest BCUT2D eigenvalue weighted by Crippen LogP contribution is -2.20. The van der Waals surface area contributed by atoms with Crippen LogP contribution in [0.25, 0.3) is 0 Å². The zero-order chi connectivity index (χ0) is 12.1. The Balaban J connectivity index is 2.62. The van der Waals surface area contributed by atoms with E-state index in [1.165, 1.54) is 12.7 Å². The van der Waals surface area contributed by atoms with Gasteiger partial charge in [0.1, 0.15) is 18.0 Å². The van der Waals surface area contributed by atoms with Gasteiger partial charge in [-0.3, -0.25) is 0 Å². The van der Waals surface area contributed by atoms with Crippen LogP contribution >= 0.6 is 0 Å². The van der Waals surface area contributed by atoms with Crippen molar-refractivity contribution in [2.24, 2.45) is 5.92 Å². The molecule has 16 heavy (non-hydrogen) atoms. The van der Waals surface area contributed by atoms with E-state index in [1.54, 1.807) is 0 Å². The van der Waals surface area contributed by atoms with Gasteiger partial charge in [0.15, 0.2) is 0 Å². The third kappa shape index (κ3) is 3.36. The largest absolute Gasteiger partial charge is 0.383 e. The minimum absolute atomic E-state index is 0.406. The third-order valence-corrected chi connectivity index (χ3v) is 2.96. The van der Waals surface area contributed by atoms with Crippen LogP contribution in [0.2, 0.25) is 0 Å². The average Bonchev–Trinajstić information content (AvgIpc) is 2.24. The highest BCUT2D eigenvalue weighted by molar-refractivity contribution is 5.54. The summed E-state index contributed by atoms with van der Waals surface area (Å²) in [6.45, 7) is 8.59. The zero-order valence-corrected chi connectivity index (χ0v) is 10.6. The third-order valence-electron chi connectivity index (χ3n) is 2.96. The van der Waals surface area contributed by atoms with E-state index < -0.39 is 0 Å². The molecular weight excluding hydrogens is 200 g/mol. The minimum Gasteiger partial charge on any atom is -0.383 e. The number of nitrogen functional groups attached to an aromatic ring is 1. The summed E-state index contributed by atoms with van der Waals surface area (Å²) in [5, 5.41) is 3.39. The fraction of sp³-hybridized carbons (Fsp3) is 0.667. The second kappa shape index (κ2) is 5.68. The zero-order valence-electron chi connectivity index (χ0n) is 10.6. The van der Waals surface area contributed by atoms with Gasteiger partial charge in [0.25, 0.3) is 0 Å². The van der Waals surface area contributed by atoms with Gasteiger partial charge in [0.2, 0.25) is 0 Å². The van der Waals surface area contributed by atoms with E-state index in [-0.39, 0.29) is 0 Å². The number of anilines is 2. The molecule has 0 spiro atoms. The van der Waals surface area contributed by atoms with E-state index >= 15 is 0 Å². The molecule has 4 nitrogen and oxygen atoms in total. The van der Waals surface area contributed by atoms with Gasteiger partial charge in [-0.25, -0.2) is 9.97 Å². The summed E-state index contributed by atoms with van der Waals surface area (Å²) in [4.78, 5) is 8.16. The molecule has 3 N–H and O–H groups in total. The van der Waals surface area contributed by atoms with Gasteiger partial charge in [-0.2, -0.15) is 0 Å². The molecule has 1 aromatic rings. The minimum atomic E-state index is 0.406. The fourth-order valence-electron chi connectivity index (χ4n) is 1.67. The van der Waals surface area contributed by atoms with Crippen LogP contribution in [0.5, 0.6) is 0 Å². The highest BCUT2D eigenvalue weighted by Gasteiger charge is 2.10. The summed E-state index contributed by atoms with van der Waals surface area (Å²) >= 11 is 0. The molecule has 0 aliphatic carbocycles. The Hall–Kier alpha value is -1.32. The van der Waals surface area contributed by atoms with Crippen molar-refractivity contribution >= 4 is 11.6 Å². The van der Waals surface area contributed by atoms with Gasteiger partial charge < -0.3 is 11.1 Å². The number of aromatic nitrogens is 2. The van der Waals surface area contributed by atoms with Crippen LogP contribution in [0.4, 0.5) is 11.6 Å². The summed E-state index contributed by atoms with van der Waals surface area (Å²) in [5.74, 6) is 2.12. The maximum absolute atomic E-state index is 5.73. The summed E-state index contributed by atoms with van der Waals surface area (Å²) < 4.78 is 0. The molecule has 0 saturated carbocycles.